The van der Waals surface area contributed by atoms with E-state index in [0.29, 0.717) is 6.54 Å². The molecule has 0 bridgehead atoms. The van der Waals surface area contributed by atoms with Crippen LogP contribution in [0.4, 0.5) is 0 Å². The van der Waals surface area contributed by atoms with E-state index >= 15 is 0 Å². The lowest BCUT2D eigenvalue weighted by Gasteiger charge is -2.24. The highest BCUT2D eigenvalue weighted by atomic mass is 16.3. The van der Waals surface area contributed by atoms with Crippen LogP contribution < -0.4 is 5.32 Å². The van der Waals surface area contributed by atoms with Crippen LogP contribution in [0.3, 0.4) is 0 Å². The molecule has 0 amide bonds. The Bertz CT molecular complexity index is 81.3. The third kappa shape index (κ3) is 4.77. The fraction of sp³-hybridized carbons (Fsp3) is 1.00. The topological polar surface area (TPSA) is 31.9 Å². The molecule has 1 radical (unpaired) electrons. The van der Waals surface area contributed by atoms with E-state index in [2.05, 4.69) is 26.1 Å². The minimum absolute atomic E-state index is 0.0207. The molecule has 0 fully saturated rings. The maximum atomic E-state index is 10.1. The van der Waals surface area contributed by atoms with Crippen molar-refractivity contribution in [2.24, 2.45) is 0 Å². The molecule has 0 rings (SSSR count). The van der Waals surface area contributed by atoms with Gasteiger partial charge in [0.2, 0.25) is 0 Å². The third-order valence-electron chi connectivity index (χ3n) is 1.58. The van der Waals surface area contributed by atoms with E-state index in [-0.39, 0.29) is 12.1 Å². The second-order valence-electron chi connectivity index (χ2n) is 3.26. The summed E-state index contributed by atoms with van der Waals surface area (Å²) in [6.07, 6.45) is 2.30. The first-order valence-electron chi connectivity index (χ1n) is 3.95. The van der Waals surface area contributed by atoms with E-state index < -0.39 is 0 Å². The van der Waals surface area contributed by atoms with Gasteiger partial charge in [0.15, 0.2) is 0 Å². The van der Waals surface area contributed by atoms with Crippen molar-refractivity contribution in [2.45, 2.75) is 39.2 Å². The summed E-state index contributed by atoms with van der Waals surface area (Å²) in [5, 5.41) is 13.3. The molecule has 61 valence electrons. The average Bonchev–Trinajstić information content (AvgIpc) is 1.84. The Kier molecular flexibility index (Phi) is 4.65. The highest BCUT2D eigenvalue weighted by Gasteiger charge is 2.13. The largest absolute Gasteiger partial charge is 0.309 e. The van der Waals surface area contributed by atoms with Crippen LogP contribution in [0.5, 0.6) is 0 Å². The van der Waals surface area contributed by atoms with Gasteiger partial charge in [-0.25, -0.2) is 5.11 Å². The van der Waals surface area contributed by atoms with Gasteiger partial charge in [-0.15, -0.1) is 0 Å². The minimum atomic E-state index is -0.0207. The van der Waals surface area contributed by atoms with Gasteiger partial charge in [-0.1, -0.05) is 13.3 Å². The summed E-state index contributed by atoms with van der Waals surface area (Å²) < 4.78 is 0. The van der Waals surface area contributed by atoms with Gasteiger partial charge in [0.05, 0.1) is 6.61 Å². The predicted octanol–water partition coefficient (Wildman–Crippen LogP) is 1.59. The summed E-state index contributed by atoms with van der Waals surface area (Å²) >= 11 is 0. The monoisotopic (exact) mass is 144 g/mol. The summed E-state index contributed by atoms with van der Waals surface area (Å²) in [5.74, 6) is 0. The van der Waals surface area contributed by atoms with Crippen molar-refractivity contribution in [3.8, 4) is 0 Å². The molecular formula is C8H18NO. The van der Waals surface area contributed by atoms with Crippen molar-refractivity contribution in [2.75, 3.05) is 13.2 Å². The molecule has 0 heterocycles. The fourth-order valence-corrected chi connectivity index (χ4v) is 1.10. The zero-order chi connectivity index (χ0) is 8.04. The number of hydrogen-bond acceptors (Lipinski definition) is 1. The average molecular weight is 144 g/mol. The van der Waals surface area contributed by atoms with Crippen LogP contribution in [0.15, 0.2) is 0 Å². The minimum Gasteiger partial charge on any atom is -0.309 e. The third-order valence-corrected chi connectivity index (χ3v) is 1.58. The van der Waals surface area contributed by atoms with Crippen molar-refractivity contribution in [3.63, 3.8) is 0 Å². The highest BCUT2D eigenvalue weighted by molar-refractivity contribution is 4.75. The van der Waals surface area contributed by atoms with E-state index in [1.807, 2.05) is 0 Å². The Morgan fingerprint density at radius 3 is 2.40 bits per heavy atom. The summed E-state index contributed by atoms with van der Waals surface area (Å²) in [6.45, 7) is 6.99. The Labute approximate surface area is 63.6 Å². The molecule has 0 unspecified atom stereocenters. The second kappa shape index (κ2) is 4.69. The van der Waals surface area contributed by atoms with Gasteiger partial charge in [-0.05, 0) is 20.3 Å². The molecule has 0 atom stereocenters. The van der Waals surface area contributed by atoms with Gasteiger partial charge in [0.25, 0.3) is 0 Å². The zero-order valence-electron chi connectivity index (χ0n) is 7.24. The van der Waals surface area contributed by atoms with Crippen molar-refractivity contribution in [1.29, 1.82) is 0 Å². The Balaban J connectivity index is 3.42. The summed E-state index contributed by atoms with van der Waals surface area (Å²) in [5.41, 5.74) is 0.152. The van der Waals surface area contributed by atoms with E-state index in [4.69, 9.17) is 0 Å². The molecule has 2 nitrogen and oxygen atoms in total. The Hall–Kier alpha value is -0.0800. The fourth-order valence-electron chi connectivity index (χ4n) is 1.10. The molecule has 2 heteroatoms. The van der Waals surface area contributed by atoms with E-state index in [1.54, 1.807) is 0 Å². The van der Waals surface area contributed by atoms with Crippen LogP contribution >= 0.6 is 0 Å². The van der Waals surface area contributed by atoms with E-state index in [0.717, 1.165) is 6.42 Å². The van der Waals surface area contributed by atoms with Gasteiger partial charge < -0.3 is 5.32 Å². The molecule has 0 spiro atoms. The molecule has 0 saturated heterocycles. The Morgan fingerprint density at radius 2 is 2.00 bits per heavy atom. The lowest BCUT2D eigenvalue weighted by molar-refractivity contribution is 0.180. The summed E-state index contributed by atoms with van der Waals surface area (Å²) in [7, 11) is 0. The van der Waals surface area contributed by atoms with Crippen LogP contribution in [-0.2, 0) is 5.11 Å². The van der Waals surface area contributed by atoms with Crippen LogP contribution in [0.2, 0.25) is 0 Å². The van der Waals surface area contributed by atoms with Crippen LogP contribution in [0, 0.1) is 0 Å². The molecule has 0 aromatic rings. The van der Waals surface area contributed by atoms with Gasteiger partial charge in [0, 0.05) is 12.1 Å². The molecule has 0 saturated carbocycles. The molecule has 1 N–H and O–H groups in total. The SMILES string of the molecule is CCCC(C)(C)NCC[O]. The van der Waals surface area contributed by atoms with Crippen molar-refractivity contribution >= 4 is 0 Å². The molecule has 0 aliphatic carbocycles. The van der Waals surface area contributed by atoms with Crippen molar-refractivity contribution in [3.05, 3.63) is 0 Å². The quantitative estimate of drug-likeness (QED) is 0.624. The summed E-state index contributed by atoms with van der Waals surface area (Å²) in [4.78, 5) is 0. The highest BCUT2D eigenvalue weighted by Crippen LogP contribution is 2.09. The van der Waals surface area contributed by atoms with E-state index in [1.165, 1.54) is 6.42 Å². The lowest BCUT2D eigenvalue weighted by Crippen LogP contribution is -2.40. The zero-order valence-corrected chi connectivity index (χ0v) is 7.24. The standard InChI is InChI=1S/C8H18NO/c1-4-5-8(2,3)9-6-7-10/h9H,4-7H2,1-3H3. The molecule has 10 heavy (non-hydrogen) atoms. The molecular weight excluding hydrogens is 126 g/mol. The molecule has 0 aromatic carbocycles. The molecule has 0 aliphatic rings. The molecule has 0 aliphatic heterocycles. The van der Waals surface area contributed by atoms with Crippen LogP contribution in [-0.4, -0.2) is 18.7 Å². The van der Waals surface area contributed by atoms with Crippen LogP contribution in [0.25, 0.3) is 0 Å². The number of nitrogens with one attached hydrogen (secondary N) is 1. The molecule has 0 aromatic heterocycles. The Morgan fingerprint density at radius 1 is 1.40 bits per heavy atom. The first-order valence-corrected chi connectivity index (χ1v) is 3.95. The van der Waals surface area contributed by atoms with Gasteiger partial charge >= 0.3 is 0 Å². The first-order chi connectivity index (χ1) is 4.62. The van der Waals surface area contributed by atoms with Gasteiger partial charge in [-0.2, -0.15) is 0 Å². The van der Waals surface area contributed by atoms with Crippen molar-refractivity contribution in [1.82, 2.24) is 5.32 Å². The first kappa shape index (κ1) is 9.92. The van der Waals surface area contributed by atoms with E-state index in [9.17, 15) is 5.11 Å². The smallest absolute Gasteiger partial charge is 0.0946 e. The predicted molar refractivity (Wildman–Crippen MR) is 42.5 cm³/mol. The maximum absolute atomic E-state index is 10.1. The number of rotatable bonds is 5. The van der Waals surface area contributed by atoms with Crippen LogP contribution in [0.1, 0.15) is 33.6 Å². The summed E-state index contributed by atoms with van der Waals surface area (Å²) in [6, 6.07) is 0. The maximum Gasteiger partial charge on any atom is 0.0946 e. The lowest BCUT2D eigenvalue weighted by atomic mass is 9.99. The second-order valence-corrected chi connectivity index (χ2v) is 3.26. The van der Waals surface area contributed by atoms with Gasteiger partial charge in [-0.3, -0.25) is 0 Å². The van der Waals surface area contributed by atoms with Gasteiger partial charge in [0.1, 0.15) is 0 Å². The normalized spacial score (nSPS) is 12.0. The van der Waals surface area contributed by atoms with Crippen molar-refractivity contribution < 1.29 is 5.11 Å². The number of hydrogen-bond donors (Lipinski definition) is 1.